The third-order valence-electron chi connectivity index (χ3n) is 8.22. The Kier molecular flexibility index (Phi) is 7.87. The van der Waals surface area contributed by atoms with Crippen LogP contribution >= 0.6 is 22.9 Å². The number of carbonyl (C=O) groups is 2. The maximum absolute atomic E-state index is 15.7. The van der Waals surface area contributed by atoms with Gasteiger partial charge in [0.25, 0.3) is 0 Å². The van der Waals surface area contributed by atoms with E-state index < -0.39 is 17.0 Å². The van der Waals surface area contributed by atoms with Gasteiger partial charge in [-0.15, -0.1) is 0 Å². The Morgan fingerprint density at radius 1 is 1.22 bits per heavy atom. The fourth-order valence-corrected chi connectivity index (χ4v) is 7.05. The molecule has 1 atom stereocenters. The Morgan fingerprint density at radius 3 is 2.73 bits per heavy atom. The molecule has 1 amide bonds. The first-order valence-electron chi connectivity index (χ1n) is 14.1. The lowest BCUT2D eigenvalue weighted by atomic mass is 9.90. The molecule has 3 heterocycles. The highest BCUT2D eigenvalue weighted by atomic mass is 35.5. The zero-order valence-corrected chi connectivity index (χ0v) is 24.4. The molecule has 2 fully saturated rings. The van der Waals surface area contributed by atoms with Gasteiger partial charge in [-0.1, -0.05) is 54.7 Å². The second-order valence-electron chi connectivity index (χ2n) is 11.2. The highest BCUT2D eigenvalue weighted by Crippen LogP contribution is 2.43. The molecule has 216 valence electrons. The number of pyridine rings is 1. The van der Waals surface area contributed by atoms with Crippen molar-refractivity contribution >= 4 is 45.8 Å². The van der Waals surface area contributed by atoms with E-state index in [1.165, 1.54) is 0 Å². The van der Waals surface area contributed by atoms with E-state index in [0.717, 1.165) is 67.8 Å². The number of nitrogens with zero attached hydrogens (tertiary/aromatic N) is 4. The summed E-state index contributed by atoms with van der Waals surface area (Å²) in [5.74, 6) is -0.198. The number of amides is 1. The lowest BCUT2D eigenvalue weighted by Crippen LogP contribution is -2.39. The molecule has 0 bridgehead atoms. The summed E-state index contributed by atoms with van der Waals surface area (Å²) >= 11 is 7.19. The average molecular weight is 599 g/mol. The first-order chi connectivity index (χ1) is 19.8. The van der Waals surface area contributed by atoms with Crippen LogP contribution in [0.3, 0.4) is 0 Å². The normalized spacial score (nSPS) is 17.7. The number of rotatable bonds is 9. The Morgan fingerprint density at radius 2 is 2.00 bits per heavy atom. The molecule has 2 aliphatic carbocycles. The van der Waals surface area contributed by atoms with Crippen LogP contribution < -0.4 is 14.5 Å². The molecule has 0 unspecified atom stereocenters. The highest BCUT2D eigenvalue weighted by molar-refractivity contribution is 7.14. The third-order valence-corrected chi connectivity index (χ3v) is 9.30. The summed E-state index contributed by atoms with van der Waals surface area (Å²) < 4.78 is 21.6. The van der Waals surface area contributed by atoms with Crippen molar-refractivity contribution < 1.29 is 23.8 Å². The summed E-state index contributed by atoms with van der Waals surface area (Å²) in [6.45, 7) is 1.28. The molecule has 0 radical (unpaired) electrons. The number of ether oxygens (including phenoxy) is 1. The second-order valence-corrected chi connectivity index (χ2v) is 12.6. The number of halogens is 2. The molecule has 2 aromatic heterocycles. The summed E-state index contributed by atoms with van der Waals surface area (Å²) in [4.78, 5) is 38.4. The number of thiazole rings is 1. The minimum absolute atomic E-state index is 0.0985. The summed E-state index contributed by atoms with van der Waals surface area (Å²) in [5, 5.41) is 9.74. The molecule has 8 nitrogen and oxygen atoms in total. The number of likely N-dealkylation sites (N-methyl/N-ethyl adjacent to an activating group) is 1. The monoisotopic (exact) mass is 598 g/mol. The van der Waals surface area contributed by atoms with Crippen LogP contribution in [0.25, 0.3) is 22.4 Å². The van der Waals surface area contributed by atoms with Gasteiger partial charge in [0.15, 0.2) is 16.7 Å². The third kappa shape index (κ3) is 5.90. The number of hydrogen-bond acceptors (Lipinski definition) is 7. The first-order valence-corrected chi connectivity index (χ1v) is 15.3. The van der Waals surface area contributed by atoms with Crippen LogP contribution in [0.5, 0.6) is 5.75 Å². The van der Waals surface area contributed by atoms with Gasteiger partial charge in [-0.25, -0.2) is 9.97 Å². The second kappa shape index (κ2) is 11.6. The maximum Gasteiger partial charge on any atom is 0.304 e. The van der Waals surface area contributed by atoms with Crippen LogP contribution in [0.15, 0.2) is 30.5 Å². The van der Waals surface area contributed by atoms with E-state index in [4.69, 9.17) is 16.3 Å². The number of carbonyl (C=O) groups excluding carboxylic acids is 1. The van der Waals surface area contributed by atoms with Gasteiger partial charge in [-0.3, -0.25) is 14.5 Å². The number of anilines is 2. The van der Waals surface area contributed by atoms with Gasteiger partial charge in [-0.05, 0) is 48.9 Å². The van der Waals surface area contributed by atoms with Crippen molar-refractivity contribution in [2.24, 2.45) is 11.8 Å². The van der Waals surface area contributed by atoms with E-state index >= 15 is 4.39 Å². The van der Waals surface area contributed by atoms with Gasteiger partial charge in [0.2, 0.25) is 11.0 Å². The van der Waals surface area contributed by atoms with Gasteiger partial charge < -0.3 is 14.7 Å². The molecular weight excluding hydrogens is 567 g/mol. The number of aliphatic carboxylic acids is 1. The van der Waals surface area contributed by atoms with E-state index in [9.17, 15) is 14.7 Å². The standard InChI is InChI=1S/C30H32ClFN4O4S/c1-35-10-11-40-24-13-19(16-33-28(24)35)22-9-6-20(31)15-23(22)26-27(32)41-30(34-26)36(21-7-8-21)29(39)18(14-25(37)38)12-17-4-2-3-5-17/h6,9,13,15-18,21H,2-5,7-8,10-12,14H2,1H3,(H,37,38)/t18-/m1/s1. The topological polar surface area (TPSA) is 95.9 Å². The van der Waals surface area contributed by atoms with E-state index in [0.29, 0.717) is 40.8 Å². The van der Waals surface area contributed by atoms with Crippen molar-refractivity contribution in [1.29, 1.82) is 0 Å². The molecule has 6 rings (SSSR count). The van der Waals surface area contributed by atoms with Gasteiger partial charge in [0, 0.05) is 41.4 Å². The molecule has 0 spiro atoms. The van der Waals surface area contributed by atoms with Crippen LogP contribution in [0.1, 0.15) is 51.4 Å². The largest absolute Gasteiger partial charge is 0.488 e. The van der Waals surface area contributed by atoms with Crippen molar-refractivity contribution in [3.63, 3.8) is 0 Å². The van der Waals surface area contributed by atoms with Crippen molar-refractivity contribution in [1.82, 2.24) is 9.97 Å². The lowest BCUT2D eigenvalue weighted by molar-refractivity contribution is -0.141. The Labute approximate surface area is 247 Å². The number of hydrogen-bond donors (Lipinski definition) is 1. The van der Waals surface area contributed by atoms with Gasteiger partial charge in [-0.2, -0.15) is 4.39 Å². The van der Waals surface area contributed by atoms with Crippen LogP contribution in [-0.2, 0) is 9.59 Å². The molecule has 3 aliphatic rings. The van der Waals surface area contributed by atoms with Gasteiger partial charge >= 0.3 is 5.97 Å². The van der Waals surface area contributed by atoms with Crippen LogP contribution in [0.4, 0.5) is 15.3 Å². The summed E-state index contributed by atoms with van der Waals surface area (Å²) in [5.41, 5.74) is 2.00. The van der Waals surface area contributed by atoms with Crippen molar-refractivity contribution in [2.45, 2.75) is 57.4 Å². The molecule has 1 N–H and O–H groups in total. The molecule has 41 heavy (non-hydrogen) atoms. The Balaban J connectivity index is 1.35. The van der Waals surface area contributed by atoms with Gasteiger partial charge in [0.05, 0.1) is 13.0 Å². The molecule has 11 heteroatoms. The fourth-order valence-electron chi connectivity index (χ4n) is 5.99. The molecule has 1 aliphatic heterocycles. The summed E-state index contributed by atoms with van der Waals surface area (Å²) in [6, 6.07) is 6.99. The zero-order chi connectivity index (χ0) is 28.7. The number of aromatic nitrogens is 2. The number of carboxylic acid groups (broad SMARTS) is 1. The molecule has 0 saturated heterocycles. The molecule has 3 aromatic rings. The SMILES string of the molecule is CN1CCOc2cc(-c3ccc(Cl)cc3-c3nc(N(C(=O)[C@@H](CC(=O)O)CC4CCCC4)C4CC4)sc3F)cnc21. The van der Waals surface area contributed by atoms with Crippen molar-refractivity contribution in [3.8, 4) is 28.1 Å². The van der Waals surface area contributed by atoms with Crippen LogP contribution in [0.2, 0.25) is 5.02 Å². The minimum Gasteiger partial charge on any atom is -0.488 e. The Hall–Kier alpha value is -3.24. The van der Waals surface area contributed by atoms with Crippen molar-refractivity contribution in [2.75, 3.05) is 30.0 Å². The predicted octanol–water partition coefficient (Wildman–Crippen LogP) is 6.66. The lowest BCUT2D eigenvalue weighted by Gasteiger charge is -2.26. The molecule has 2 saturated carbocycles. The Bertz CT molecular complexity index is 1470. The highest BCUT2D eigenvalue weighted by Gasteiger charge is 2.40. The molecule has 1 aromatic carbocycles. The number of fused-ring (bicyclic) bond motifs is 1. The zero-order valence-electron chi connectivity index (χ0n) is 22.8. The quantitative estimate of drug-likeness (QED) is 0.294. The van der Waals surface area contributed by atoms with E-state index in [2.05, 4.69) is 9.97 Å². The predicted molar refractivity (Wildman–Crippen MR) is 157 cm³/mol. The summed E-state index contributed by atoms with van der Waals surface area (Å²) in [7, 11) is 1.95. The van der Waals surface area contributed by atoms with Crippen LogP contribution in [0, 0.1) is 17.0 Å². The molecular formula is C30H32ClFN4O4S. The average Bonchev–Trinajstić information content (AvgIpc) is 3.49. The maximum atomic E-state index is 15.7. The van der Waals surface area contributed by atoms with E-state index in [1.807, 2.05) is 18.0 Å². The fraction of sp³-hybridized carbons (Fsp3) is 0.467. The minimum atomic E-state index is -1.000. The smallest absolute Gasteiger partial charge is 0.304 e. The number of carboxylic acids is 1. The first kappa shape index (κ1) is 27.9. The van der Waals surface area contributed by atoms with Crippen LogP contribution in [-0.4, -0.2) is 53.2 Å². The summed E-state index contributed by atoms with van der Waals surface area (Å²) in [6.07, 6.45) is 7.83. The van der Waals surface area contributed by atoms with Crippen molar-refractivity contribution in [3.05, 3.63) is 40.6 Å². The van der Waals surface area contributed by atoms with E-state index in [1.54, 1.807) is 29.3 Å². The van der Waals surface area contributed by atoms with Gasteiger partial charge in [0.1, 0.15) is 12.3 Å². The number of benzene rings is 1. The van der Waals surface area contributed by atoms with E-state index in [-0.39, 0.29) is 29.2 Å².